The normalized spacial score (nSPS) is 23.2. The maximum Gasteiger partial charge on any atom is 0.156 e. The third-order valence-electron chi connectivity index (χ3n) is 3.93. The van der Waals surface area contributed by atoms with E-state index in [2.05, 4.69) is 28.2 Å². The molecule has 1 saturated carbocycles. The second kappa shape index (κ2) is 6.85. The van der Waals surface area contributed by atoms with Crippen LogP contribution >= 0.6 is 27.5 Å². The molecule has 0 heterocycles. The van der Waals surface area contributed by atoms with Crippen LogP contribution in [0, 0.1) is 5.92 Å². The molecule has 1 aliphatic rings. The fourth-order valence-electron chi connectivity index (χ4n) is 2.89. The molecule has 1 aromatic rings. The molecule has 0 aromatic heterocycles. The highest BCUT2D eigenvalue weighted by Crippen LogP contribution is 2.38. The molecule has 0 amide bonds. The summed E-state index contributed by atoms with van der Waals surface area (Å²) in [6, 6.07) is 4.33. The molecule has 1 aromatic carbocycles. The van der Waals surface area contributed by atoms with Gasteiger partial charge in [-0.3, -0.25) is 0 Å². The molecule has 4 heteroatoms. The molecule has 2 atom stereocenters. The molecule has 0 saturated heterocycles. The van der Waals surface area contributed by atoms with Crippen molar-refractivity contribution in [3.63, 3.8) is 0 Å². The molecular formula is C15H21BrClNO. The number of nitrogens with one attached hydrogen (secondary N) is 1. The lowest BCUT2D eigenvalue weighted by atomic mass is 9.84. The lowest BCUT2D eigenvalue weighted by Crippen LogP contribution is -2.27. The Labute approximate surface area is 129 Å². The van der Waals surface area contributed by atoms with Crippen LogP contribution in [-0.4, -0.2) is 13.2 Å². The highest BCUT2D eigenvalue weighted by Gasteiger charge is 2.22. The second-order valence-electron chi connectivity index (χ2n) is 5.25. The molecular weight excluding hydrogens is 326 g/mol. The van der Waals surface area contributed by atoms with E-state index in [-0.39, 0.29) is 0 Å². The first kappa shape index (κ1) is 15.0. The largest absolute Gasteiger partial charge is 0.493 e. The third kappa shape index (κ3) is 3.79. The van der Waals surface area contributed by atoms with Crippen molar-refractivity contribution < 1.29 is 4.74 Å². The predicted octanol–water partition coefficient (Wildman–Crippen LogP) is 5.49. The first-order valence-electron chi connectivity index (χ1n) is 6.93. The zero-order chi connectivity index (χ0) is 13.8. The van der Waals surface area contributed by atoms with Gasteiger partial charge in [-0.05, 0) is 46.8 Å². The lowest BCUT2D eigenvalue weighted by Gasteiger charge is -2.30. The molecule has 2 rings (SSSR count). The van der Waals surface area contributed by atoms with Crippen LogP contribution in [-0.2, 0) is 0 Å². The Morgan fingerprint density at radius 1 is 1.42 bits per heavy atom. The maximum absolute atomic E-state index is 6.13. The van der Waals surface area contributed by atoms with E-state index in [0.29, 0.717) is 6.04 Å². The van der Waals surface area contributed by atoms with Crippen molar-refractivity contribution in [2.24, 2.45) is 5.92 Å². The number of methoxy groups -OCH3 is 1. The summed E-state index contributed by atoms with van der Waals surface area (Å²) in [5, 5.41) is 4.33. The fourth-order valence-corrected chi connectivity index (χ4v) is 3.86. The van der Waals surface area contributed by atoms with Gasteiger partial charge in [0.2, 0.25) is 0 Å². The minimum absolute atomic E-state index is 0.526. The van der Waals surface area contributed by atoms with E-state index < -0.39 is 0 Å². The number of benzene rings is 1. The van der Waals surface area contributed by atoms with Crippen molar-refractivity contribution >= 4 is 33.2 Å². The Hall–Kier alpha value is -0.410. The summed E-state index contributed by atoms with van der Waals surface area (Å²) in [6.07, 6.45) is 6.41. The van der Waals surface area contributed by atoms with Gasteiger partial charge in [0.25, 0.3) is 0 Å². The zero-order valence-corrected chi connectivity index (χ0v) is 13.9. The number of ether oxygens (including phenoxy) is 1. The highest BCUT2D eigenvalue weighted by molar-refractivity contribution is 9.10. The Bertz CT molecular complexity index is 438. The lowest BCUT2D eigenvalue weighted by molar-refractivity contribution is 0.326. The summed E-state index contributed by atoms with van der Waals surface area (Å²) in [7, 11) is 1.69. The Balaban J connectivity index is 2.14. The SMILES string of the molecule is CCC1CCCC(Nc2cc(Cl)cc(Br)c2OC)C1. The van der Waals surface area contributed by atoms with Gasteiger partial charge in [0, 0.05) is 11.1 Å². The van der Waals surface area contributed by atoms with Crippen LogP contribution in [0.2, 0.25) is 5.02 Å². The van der Waals surface area contributed by atoms with Gasteiger partial charge >= 0.3 is 0 Å². The first-order chi connectivity index (χ1) is 9.13. The second-order valence-corrected chi connectivity index (χ2v) is 6.54. The number of hydrogen-bond donors (Lipinski definition) is 1. The smallest absolute Gasteiger partial charge is 0.156 e. The van der Waals surface area contributed by atoms with E-state index in [4.69, 9.17) is 16.3 Å². The van der Waals surface area contributed by atoms with Crippen LogP contribution < -0.4 is 10.1 Å². The monoisotopic (exact) mass is 345 g/mol. The standard InChI is InChI=1S/C15H21BrClNO/c1-3-10-5-4-6-12(7-10)18-14-9-11(17)8-13(16)15(14)19-2/h8-10,12,18H,3-7H2,1-2H3. The van der Waals surface area contributed by atoms with Gasteiger partial charge in [0.1, 0.15) is 0 Å². The van der Waals surface area contributed by atoms with Crippen LogP contribution in [0.1, 0.15) is 39.0 Å². The van der Waals surface area contributed by atoms with Crippen molar-refractivity contribution in [2.75, 3.05) is 12.4 Å². The minimum Gasteiger partial charge on any atom is -0.493 e. The van der Waals surface area contributed by atoms with E-state index in [1.54, 1.807) is 7.11 Å². The summed E-state index contributed by atoms with van der Waals surface area (Å²) in [5.41, 5.74) is 0.989. The number of halogens is 2. The molecule has 1 N–H and O–H groups in total. The van der Waals surface area contributed by atoms with Gasteiger partial charge in [0.15, 0.2) is 5.75 Å². The fraction of sp³-hybridized carbons (Fsp3) is 0.600. The van der Waals surface area contributed by atoms with Gasteiger partial charge < -0.3 is 10.1 Å². The highest BCUT2D eigenvalue weighted by atomic mass is 79.9. The molecule has 106 valence electrons. The molecule has 0 radical (unpaired) electrons. The molecule has 0 spiro atoms. The van der Waals surface area contributed by atoms with Crippen molar-refractivity contribution in [1.29, 1.82) is 0 Å². The average molecular weight is 347 g/mol. The number of rotatable bonds is 4. The third-order valence-corrected chi connectivity index (χ3v) is 4.74. The first-order valence-corrected chi connectivity index (χ1v) is 8.10. The van der Waals surface area contributed by atoms with Crippen molar-refractivity contribution in [1.82, 2.24) is 0 Å². The van der Waals surface area contributed by atoms with Gasteiger partial charge in [0.05, 0.1) is 17.3 Å². The summed E-state index contributed by atoms with van der Waals surface area (Å²) >= 11 is 9.63. The number of hydrogen-bond acceptors (Lipinski definition) is 2. The van der Waals surface area contributed by atoms with Crippen molar-refractivity contribution in [2.45, 2.75) is 45.1 Å². The molecule has 1 aliphatic carbocycles. The minimum atomic E-state index is 0.526. The van der Waals surface area contributed by atoms with E-state index >= 15 is 0 Å². The summed E-state index contributed by atoms with van der Waals surface area (Å²) in [4.78, 5) is 0. The summed E-state index contributed by atoms with van der Waals surface area (Å²) in [6.45, 7) is 2.28. The quantitative estimate of drug-likeness (QED) is 0.778. The summed E-state index contributed by atoms with van der Waals surface area (Å²) in [5.74, 6) is 1.68. The maximum atomic E-state index is 6.13. The average Bonchev–Trinajstić information content (AvgIpc) is 2.38. The van der Waals surface area contributed by atoms with Gasteiger partial charge in [-0.2, -0.15) is 0 Å². The predicted molar refractivity (Wildman–Crippen MR) is 85.4 cm³/mol. The van der Waals surface area contributed by atoms with Gasteiger partial charge in [-0.25, -0.2) is 0 Å². The van der Waals surface area contributed by atoms with Gasteiger partial charge in [-0.15, -0.1) is 0 Å². The molecule has 0 bridgehead atoms. The van der Waals surface area contributed by atoms with E-state index in [1.165, 1.54) is 32.1 Å². The molecule has 1 fully saturated rings. The number of anilines is 1. The van der Waals surface area contributed by atoms with Crippen LogP contribution in [0.5, 0.6) is 5.75 Å². The van der Waals surface area contributed by atoms with Crippen LogP contribution in [0.25, 0.3) is 0 Å². The molecule has 2 unspecified atom stereocenters. The van der Waals surface area contributed by atoms with Crippen molar-refractivity contribution in [3.8, 4) is 5.75 Å². The van der Waals surface area contributed by atoms with Crippen molar-refractivity contribution in [3.05, 3.63) is 21.6 Å². The van der Waals surface area contributed by atoms with Gasteiger partial charge in [-0.1, -0.05) is 37.8 Å². The van der Waals surface area contributed by atoms with Crippen LogP contribution in [0.3, 0.4) is 0 Å². The van der Waals surface area contributed by atoms with Crippen LogP contribution in [0.15, 0.2) is 16.6 Å². The van der Waals surface area contributed by atoms with Crippen LogP contribution in [0.4, 0.5) is 5.69 Å². The topological polar surface area (TPSA) is 21.3 Å². The zero-order valence-electron chi connectivity index (χ0n) is 11.5. The molecule has 19 heavy (non-hydrogen) atoms. The Morgan fingerprint density at radius 2 is 2.21 bits per heavy atom. The molecule has 2 nitrogen and oxygen atoms in total. The van der Waals surface area contributed by atoms with E-state index in [0.717, 1.165) is 26.9 Å². The van der Waals surface area contributed by atoms with E-state index in [1.807, 2.05) is 12.1 Å². The molecule has 0 aliphatic heterocycles. The summed E-state index contributed by atoms with van der Waals surface area (Å²) < 4.78 is 6.35. The Kier molecular flexibility index (Phi) is 5.40. The van der Waals surface area contributed by atoms with E-state index in [9.17, 15) is 0 Å². The Morgan fingerprint density at radius 3 is 2.89 bits per heavy atom.